The quantitative estimate of drug-likeness (QED) is 0.525. The van der Waals surface area contributed by atoms with Gasteiger partial charge in [-0.15, -0.1) is 11.3 Å². The largest absolute Gasteiger partial charge is 0.477 e. The van der Waals surface area contributed by atoms with Crippen molar-refractivity contribution in [3.05, 3.63) is 21.7 Å². The zero-order chi connectivity index (χ0) is 19.5. The van der Waals surface area contributed by atoms with Gasteiger partial charge in [0.25, 0.3) is 0 Å². The number of aromatic nitrogens is 1. The number of amides is 1. The summed E-state index contributed by atoms with van der Waals surface area (Å²) in [7, 11) is 0. The molecule has 4 heterocycles. The highest BCUT2D eigenvalue weighted by Gasteiger charge is 2.60. The second-order valence-corrected chi connectivity index (χ2v) is 9.41. The number of β-lactam (4-membered cyclic amide) rings is 1. The van der Waals surface area contributed by atoms with Crippen LogP contribution in [-0.2, 0) is 9.59 Å². The molecule has 4 N–H and O–H groups in total. The number of fused-ring (bicyclic) bond motifs is 1. The summed E-state index contributed by atoms with van der Waals surface area (Å²) in [6.07, 6.45) is -0.587. The van der Waals surface area contributed by atoms with Crippen LogP contribution in [0.4, 0.5) is 0 Å². The van der Waals surface area contributed by atoms with Crippen molar-refractivity contribution in [1.82, 2.24) is 15.2 Å². The van der Waals surface area contributed by atoms with Gasteiger partial charge in [0.15, 0.2) is 4.34 Å². The number of carbonyl (C=O) groups is 2. The van der Waals surface area contributed by atoms with Crippen molar-refractivity contribution in [3.63, 3.8) is 0 Å². The number of rotatable bonds is 5. The Kier molecular flexibility index (Phi) is 4.79. The molecule has 3 aliphatic rings. The molecule has 8 nitrogen and oxygen atoms in total. The molecule has 0 radical (unpaired) electrons. The summed E-state index contributed by atoms with van der Waals surface area (Å²) in [5.74, 6) is -2.22. The van der Waals surface area contributed by atoms with Crippen LogP contribution in [0, 0.1) is 11.8 Å². The molecule has 0 saturated carbocycles. The van der Waals surface area contributed by atoms with E-state index in [1.165, 1.54) is 28.0 Å². The molecule has 2 saturated heterocycles. The van der Waals surface area contributed by atoms with E-state index < -0.39 is 18.0 Å². The zero-order valence-electron chi connectivity index (χ0n) is 14.8. The predicted octanol–water partition coefficient (Wildman–Crippen LogP) is 0.784. The fraction of sp³-hybridized carbons (Fsp3) is 0.588. The Hall–Kier alpha value is -1.46. The minimum atomic E-state index is -1.14. The van der Waals surface area contributed by atoms with E-state index in [-0.39, 0.29) is 35.7 Å². The summed E-state index contributed by atoms with van der Waals surface area (Å²) >= 11 is 2.70. The molecule has 2 fully saturated rings. The Morgan fingerprint density at radius 1 is 1.52 bits per heavy atom. The van der Waals surface area contributed by atoms with Gasteiger partial charge >= 0.3 is 5.97 Å². The minimum absolute atomic E-state index is 0.000604. The maximum absolute atomic E-state index is 12.4. The molecule has 0 bridgehead atoms. The van der Waals surface area contributed by atoms with E-state index in [1.54, 1.807) is 6.92 Å². The molecule has 10 heteroatoms. The van der Waals surface area contributed by atoms with Crippen molar-refractivity contribution in [2.75, 3.05) is 6.54 Å². The molecule has 0 aromatic carbocycles. The van der Waals surface area contributed by atoms with Crippen LogP contribution >= 0.6 is 23.1 Å². The van der Waals surface area contributed by atoms with E-state index >= 15 is 0 Å². The molecular weight excluding hydrogens is 390 g/mol. The summed E-state index contributed by atoms with van der Waals surface area (Å²) in [6, 6.07) is -0.321. The Morgan fingerprint density at radius 2 is 2.26 bits per heavy atom. The van der Waals surface area contributed by atoms with Crippen molar-refractivity contribution in [2.24, 2.45) is 11.8 Å². The first-order valence-corrected chi connectivity index (χ1v) is 10.5. The Morgan fingerprint density at radius 3 is 2.85 bits per heavy atom. The van der Waals surface area contributed by atoms with Gasteiger partial charge in [-0.3, -0.25) is 4.79 Å². The predicted molar refractivity (Wildman–Crippen MR) is 99.0 cm³/mol. The Bertz CT molecular complexity index is 823. The summed E-state index contributed by atoms with van der Waals surface area (Å²) in [4.78, 5) is 30.7. The third-order valence-electron chi connectivity index (χ3n) is 5.47. The maximum atomic E-state index is 12.4. The lowest BCUT2D eigenvalue weighted by Crippen LogP contribution is -2.63. The summed E-state index contributed by atoms with van der Waals surface area (Å²) in [6.45, 7) is 3.99. The number of β-amino-alcohol motifs (C(OH)–C–C–N with tert-alkyl or cyclic N) is 1. The maximum Gasteiger partial charge on any atom is 0.353 e. The number of aliphatic hydroxyl groups is 2. The third-order valence-corrected chi connectivity index (χ3v) is 7.72. The van der Waals surface area contributed by atoms with Crippen molar-refractivity contribution in [3.8, 4) is 0 Å². The number of nitrogens with one attached hydrogen (secondary N) is 1. The molecule has 3 aliphatic heterocycles. The lowest BCUT2D eigenvalue weighted by atomic mass is 9.79. The number of carboxylic acids is 1. The highest BCUT2D eigenvalue weighted by Crippen LogP contribution is 2.52. The first kappa shape index (κ1) is 18.9. The molecule has 4 rings (SSSR count). The van der Waals surface area contributed by atoms with Gasteiger partial charge in [-0.25, -0.2) is 9.78 Å². The molecule has 1 aromatic rings. The SMILES string of the molecule is C[C@@H](O)[C@H]1C(=O)N2C(C(=O)O)=C(Sc3nc([C@@H]4C[C@H](O)CN4)cs3)[C@H](C)[C@H]12. The number of thiazole rings is 1. The van der Waals surface area contributed by atoms with Gasteiger partial charge in [0.1, 0.15) is 5.70 Å². The monoisotopic (exact) mass is 411 g/mol. The highest BCUT2D eigenvalue weighted by molar-refractivity contribution is 8.04. The van der Waals surface area contributed by atoms with Crippen LogP contribution in [0.1, 0.15) is 32.0 Å². The van der Waals surface area contributed by atoms with Crippen molar-refractivity contribution >= 4 is 35.0 Å². The molecule has 27 heavy (non-hydrogen) atoms. The summed E-state index contributed by atoms with van der Waals surface area (Å²) in [5.41, 5.74) is 0.842. The first-order valence-electron chi connectivity index (χ1n) is 8.83. The van der Waals surface area contributed by atoms with Crippen molar-refractivity contribution in [2.45, 2.75) is 48.9 Å². The number of hydrogen-bond acceptors (Lipinski definition) is 8. The van der Waals surface area contributed by atoms with Crippen LogP contribution < -0.4 is 5.32 Å². The van der Waals surface area contributed by atoms with Gasteiger partial charge in [0, 0.05) is 22.7 Å². The second-order valence-electron chi connectivity index (χ2n) is 7.26. The average molecular weight is 412 g/mol. The van der Waals surface area contributed by atoms with Crippen molar-refractivity contribution < 1.29 is 24.9 Å². The van der Waals surface area contributed by atoms with Crippen LogP contribution in [0.5, 0.6) is 0 Å². The van der Waals surface area contributed by atoms with Crippen LogP contribution in [0.25, 0.3) is 0 Å². The Labute approximate surface area is 164 Å². The highest BCUT2D eigenvalue weighted by atomic mass is 32.2. The van der Waals surface area contributed by atoms with E-state index in [2.05, 4.69) is 10.3 Å². The number of carbonyl (C=O) groups excluding carboxylic acids is 1. The first-order chi connectivity index (χ1) is 12.8. The molecule has 1 amide bonds. The lowest BCUT2D eigenvalue weighted by Gasteiger charge is -2.46. The van der Waals surface area contributed by atoms with E-state index in [9.17, 15) is 24.9 Å². The molecule has 146 valence electrons. The number of thioether (sulfide) groups is 1. The standard InChI is InChI=1S/C17H21N3O5S2/c1-6-12-11(7(2)21)15(23)20(12)13(16(24)25)14(6)27-17-19-10(5-26-17)9-3-8(22)4-18-9/h5-9,11-12,18,21-22H,3-4H2,1-2H3,(H,24,25)/t6-,7-,8+,9+,11-,12-/m1/s1. The topological polar surface area (TPSA) is 123 Å². The van der Waals surface area contributed by atoms with Gasteiger partial charge in [0.05, 0.1) is 35.9 Å². The normalized spacial score (nSPS) is 34.0. The minimum Gasteiger partial charge on any atom is -0.477 e. The zero-order valence-corrected chi connectivity index (χ0v) is 16.5. The van der Waals surface area contributed by atoms with Crippen LogP contribution in [0.15, 0.2) is 20.3 Å². The summed E-state index contributed by atoms with van der Waals surface area (Å²) in [5, 5.41) is 34.4. The van der Waals surface area contributed by atoms with E-state index in [0.29, 0.717) is 22.2 Å². The van der Waals surface area contributed by atoms with Gasteiger partial charge in [-0.05, 0) is 13.3 Å². The molecule has 6 atom stereocenters. The van der Waals surface area contributed by atoms with Gasteiger partial charge < -0.3 is 25.5 Å². The molecule has 0 unspecified atom stereocenters. The fourth-order valence-electron chi connectivity index (χ4n) is 4.17. The number of hydrogen-bond donors (Lipinski definition) is 4. The van der Waals surface area contributed by atoms with E-state index in [0.717, 1.165) is 5.69 Å². The number of nitrogens with zero attached hydrogens (tertiary/aromatic N) is 2. The molecule has 1 aromatic heterocycles. The summed E-state index contributed by atoms with van der Waals surface area (Å²) < 4.78 is 0.706. The van der Waals surface area contributed by atoms with Crippen LogP contribution in [-0.4, -0.2) is 61.9 Å². The Balaban J connectivity index is 1.59. The number of aliphatic carboxylic acids is 1. The third kappa shape index (κ3) is 2.99. The molecule has 0 aliphatic carbocycles. The number of aliphatic hydroxyl groups excluding tert-OH is 2. The second kappa shape index (κ2) is 6.85. The van der Waals surface area contributed by atoms with E-state index in [1.807, 2.05) is 12.3 Å². The van der Waals surface area contributed by atoms with E-state index in [4.69, 9.17) is 0 Å². The van der Waals surface area contributed by atoms with Crippen LogP contribution in [0.3, 0.4) is 0 Å². The number of carboxylic acid groups (broad SMARTS) is 1. The van der Waals surface area contributed by atoms with Crippen molar-refractivity contribution in [1.29, 1.82) is 0 Å². The van der Waals surface area contributed by atoms with Gasteiger partial charge in [-0.2, -0.15) is 0 Å². The average Bonchev–Trinajstić information content (AvgIpc) is 3.27. The molecular formula is C17H21N3O5S2. The fourth-order valence-corrected chi connectivity index (χ4v) is 6.32. The van der Waals surface area contributed by atoms with Gasteiger partial charge in [-0.1, -0.05) is 18.7 Å². The molecule has 0 spiro atoms. The van der Waals surface area contributed by atoms with Gasteiger partial charge in [0.2, 0.25) is 5.91 Å². The smallest absolute Gasteiger partial charge is 0.353 e. The van der Waals surface area contributed by atoms with Crippen LogP contribution in [0.2, 0.25) is 0 Å². The lowest BCUT2D eigenvalue weighted by molar-refractivity contribution is -0.163.